The molecule has 0 fully saturated rings. The van der Waals surface area contributed by atoms with Crippen LogP contribution in [0.3, 0.4) is 0 Å². The number of hydrogen-bond acceptors (Lipinski definition) is 5. The van der Waals surface area contributed by atoms with Crippen molar-refractivity contribution in [1.82, 2.24) is 14.9 Å². The third kappa shape index (κ3) is 3.20. The highest BCUT2D eigenvalue weighted by atomic mass is 32.2. The second-order valence-electron chi connectivity index (χ2n) is 5.85. The van der Waals surface area contributed by atoms with Gasteiger partial charge in [0.2, 0.25) is 0 Å². The minimum absolute atomic E-state index is 0.0599. The van der Waals surface area contributed by atoms with Crippen LogP contribution in [0, 0.1) is 6.92 Å². The van der Waals surface area contributed by atoms with Gasteiger partial charge in [0.15, 0.2) is 9.84 Å². The monoisotopic (exact) mass is 333 g/mol. The molecule has 1 aliphatic rings. The number of nitrogens with zero attached hydrogens (tertiary/aromatic N) is 2. The number of fused-ring (bicyclic) bond motifs is 1. The van der Waals surface area contributed by atoms with E-state index in [1.807, 2.05) is 24.0 Å². The zero-order valence-corrected chi connectivity index (χ0v) is 13.9. The van der Waals surface area contributed by atoms with Gasteiger partial charge in [0.1, 0.15) is 5.82 Å². The zero-order chi connectivity index (χ0) is 16.6. The first-order chi connectivity index (χ1) is 10.9. The lowest BCUT2D eigenvalue weighted by Gasteiger charge is -2.26. The number of nitrogens with one attached hydrogen (secondary N) is 1. The summed E-state index contributed by atoms with van der Waals surface area (Å²) in [5.41, 5.74) is 1.24. The summed E-state index contributed by atoms with van der Waals surface area (Å²) in [6.45, 7) is 4.61. The zero-order valence-electron chi connectivity index (χ0n) is 13.1. The molecule has 3 rings (SSSR count). The van der Waals surface area contributed by atoms with E-state index in [0.717, 1.165) is 5.56 Å². The van der Waals surface area contributed by atoms with E-state index in [0.29, 0.717) is 29.5 Å². The number of aromatic amines is 1. The number of sulfone groups is 1. The van der Waals surface area contributed by atoms with Crippen molar-refractivity contribution in [3.63, 3.8) is 0 Å². The fourth-order valence-electron chi connectivity index (χ4n) is 2.89. The molecule has 2 aromatic rings. The van der Waals surface area contributed by atoms with Crippen LogP contribution in [0.25, 0.3) is 0 Å². The van der Waals surface area contributed by atoms with E-state index in [-0.39, 0.29) is 17.4 Å². The van der Waals surface area contributed by atoms with Crippen molar-refractivity contribution in [1.29, 1.82) is 0 Å². The number of rotatable bonds is 2. The van der Waals surface area contributed by atoms with Crippen molar-refractivity contribution in [2.45, 2.75) is 31.3 Å². The molecule has 1 atom stereocenters. The fraction of sp³-hybridized carbons (Fsp3) is 0.375. The average Bonchev–Trinajstić information content (AvgIpc) is 2.62. The molecule has 1 N–H and O–H groups in total. The van der Waals surface area contributed by atoms with E-state index in [4.69, 9.17) is 0 Å². The van der Waals surface area contributed by atoms with E-state index in [1.165, 1.54) is 6.07 Å². The largest absolute Gasteiger partial charge is 0.309 e. The Labute approximate surface area is 135 Å². The van der Waals surface area contributed by atoms with Crippen molar-refractivity contribution in [2.75, 3.05) is 12.3 Å². The molecule has 0 aliphatic carbocycles. The van der Waals surface area contributed by atoms with E-state index < -0.39 is 9.84 Å². The third-order valence-electron chi connectivity index (χ3n) is 4.16. The molecule has 122 valence electrons. The molecular formula is C16H19N3O3S. The Hall–Kier alpha value is -1.99. The quantitative estimate of drug-likeness (QED) is 0.899. The lowest BCUT2D eigenvalue weighted by atomic mass is 10.1. The van der Waals surface area contributed by atoms with Crippen LogP contribution in [0.2, 0.25) is 0 Å². The predicted molar refractivity (Wildman–Crippen MR) is 86.9 cm³/mol. The molecule has 1 aromatic heterocycles. The summed E-state index contributed by atoms with van der Waals surface area (Å²) >= 11 is 0. The molecule has 0 saturated carbocycles. The van der Waals surface area contributed by atoms with Crippen LogP contribution in [-0.2, 0) is 16.4 Å². The molecule has 1 unspecified atom stereocenters. The van der Waals surface area contributed by atoms with E-state index in [9.17, 15) is 13.2 Å². The molecule has 0 amide bonds. The summed E-state index contributed by atoms with van der Waals surface area (Å²) < 4.78 is 24.8. The Morgan fingerprint density at radius 3 is 2.78 bits per heavy atom. The van der Waals surface area contributed by atoms with Gasteiger partial charge in [-0.05, 0) is 25.5 Å². The SMILES string of the molecule is Cc1cc(=O)[nH]c(C(C)N2CCS(=O)(=O)c3ccccc3C2)n1. The van der Waals surface area contributed by atoms with Crippen LogP contribution in [0.4, 0.5) is 0 Å². The van der Waals surface area contributed by atoms with E-state index >= 15 is 0 Å². The Morgan fingerprint density at radius 1 is 1.30 bits per heavy atom. The van der Waals surface area contributed by atoms with Gasteiger partial charge in [-0.15, -0.1) is 0 Å². The number of aryl methyl sites for hydroxylation is 1. The van der Waals surface area contributed by atoms with Crippen molar-refractivity contribution in [3.05, 3.63) is 57.8 Å². The van der Waals surface area contributed by atoms with Crippen LogP contribution >= 0.6 is 0 Å². The van der Waals surface area contributed by atoms with Gasteiger partial charge in [0, 0.05) is 24.8 Å². The van der Waals surface area contributed by atoms with Gasteiger partial charge in [-0.25, -0.2) is 13.4 Å². The number of aromatic nitrogens is 2. The Kier molecular flexibility index (Phi) is 4.08. The first-order valence-corrected chi connectivity index (χ1v) is 9.14. The smallest absolute Gasteiger partial charge is 0.251 e. The molecule has 0 radical (unpaired) electrons. The standard InChI is InChI=1S/C16H19N3O3S/c1-11-9-15(20)18-16(17-11)12(2)19-7-8-23(21,22)14-6-4-3-5-13(14)10-19/h3-6,9,12H,7-8,10H2,1-2H3,(H,17,18,20). The van der Waals surface area contributed by atoms with Crippen LogP contribution in [0.15, 0.2) is 40.0 Å². The first-order valence-electron chi connectivity index (χ1n) is 7.49. The van der Waals surface area contributed by atoms with Gasteiger partial charge in [0.05, 0.1) is 16.7 Å². The maximum atomic E-state index is 12.4. The van der Waals surface area contributed by atoms with Crippen molar-refractivity contribution < 1.29 is 8.42 Å². The minimum Gasteiger partial charge on any atom is -0.309 e. The molecule has 6 nitrogen and oxygen atoms in total. The number of benzene rings is 1. The summed E-state index contributed by atoms with van der Waals surface area (Å²) in [6.07, 6.45) is 0. The molecule has 1 aromatic carbocycles. The highest BCUT2D eigenvalue weighted by Crippen LogP contribution is 2.27. The highest BCUT2D eigenvalue weighted by molar-refractivity contribution is 7.91. The van der Waals surface area contributed by atoms with Gasteiger partial charge >= 0.3 is 0 Å². The van der Waals surface area contributed by atoms with Gasteiger partial charge in [0.25, 0.3) is 5.56 Å². The van der Waals surface area contributed by atoms with Gasteiger partial charge in [-0.2, -0.15) is 0 Å². The fourth-order valence-corrected chi connectivity index (χ4v) is 4.40. The van der Waals surface area contributed by atoms with Gasteiger partial charge in [-0.3, -0.25) is 9.69 Å². The van der Waals surface area contributed by atoms with Crippen LogP contribution in [-0.4, -0.2) is 35.6 Å². The summed E-state index contributed by atoms with van der Waals surface area (Å²) in [7, 11) is -3.28. The molecule has 0 spiro atoms. The number of hydrogen-bond donors (Lipinski definition) is 1. The second kappa shape index (κ2) is 5.90. The minimum atomic E-state index is -3.28. The maximum absolute atomic E-state index is 12.4. The Bertz CT molecular complexity index is 889. The molecule has 0 saturated heterocycles. The molecule has 23 heavy (non-hydrogen) atoms. The first kappa shape index (κ1) is 15.9. The van der Waals surface area contributed by atoms with E-state index in [1.54, 1.807) is 19.1 Å². The lowest BCUT2D eigenvalue weighted by Crippen LogP contribution is -2.31. The van der Waals surface area contributed by atoms with Crippen molar-refractivity contribution >= 4 is 9.84 Å². The van der Waals surface area contributed by atoms with Crippen molar-refractivity contribution in [2.24, 2.45) is 0 Å². The molecule has 0 bridgehead atoms. The Morgan fingerprint density at radius 2 is 2.04 bits per heavy atom. The molecule has 2 heterocycles. The number of H-pyrrole nitrogens is 1. The van der Waals surface area contributed by atoms with Crippen LogP contribution in [0.1, 0.15) is 30.0 Å². The summed E-state index contributed by atoms with van der Waals surface area (Å²) in [4.78, 5) is 21.2. The average molecular weight is 333 g/mol. The van der Waals surface area contributed by atoms with Crippen LogP contribution in [0.5, 0.6) is 0 Å². The molecule has 7 heteroatoms. The topological polar surface area (TPSA) is 83.1 Å². The van der Waals surface area contributed by atoms with Crippen LogP contribution < -0.4 is 5.56 Å². The van der Waals surface area contributed by atoms with Crippen molar-refractivity contribution in [3.8, 4) is 0 Å². The lowest BCUT2D eigenvalue weighted by molar-refractivity contribution is 0.206. The molecular weight excluding hydrogens is 314 g/mol. The van der Waals surface area contributed by atoms with Gasteiger partial charge < -0.3 is 4.98 Å². The highest BCUT2D eigenvalue weighted by Gasteiger charge is 2.28. The maximum Gasteiger partial charge on any atom is 0.251 e. The Balaban J connectivity index is 1.97. The van der Waals surface area contributed by atoms with Gasteiger partial charge in [-0.1, -0.05) is 18.2 Å². The summed E-state index contributed by atoms with van der Waals surface area (Å²) in [5.74, 6) is 0.622. The second-order valence-corrected chi connectivity index (χ2v) is 7.92. The summed E-state index contributed by atoms with van der Waals surface area (Å²) in [5, 5.41) is 0. The van der Waals surface area contributed by atoms with E-state index in [2.05, 4.69) is 9.97 Å². The predicted octanol–water partition coefficient (Wildman–Crippen LogP) is 1.43. The normalized spacial score (nSPS) is 18.9. The molecule has 1 aliphatic heterocycles. The summed E-state index contributed by atoms with van der Waals surface area (Å²) in [6, 6.07) is 8.35. The third-order valence-corrected chi connectivity index (χ3v) is 5.95.